The quantitative estimate of drug-likeness (QED) is 0.592. The number of carbonyl (C=O) groups excluding carboxylic acids is 2. The number of aliphatic hydroxyl groups excluding tert-OH is 1. The summed E-state index contributed by atoms with van der Waals surface area (Å²) in [6.45, 7) is 2.19. The predicted octanol–water partition coefficient (Wildman–Crippen LogP) is 0.899. The maximum atomic E-state index is 12.6. The summed E-state index contributed by atoms with van der Waals surface area (Å²) >= 11 is 0. The molecular formula is C19H29N3O6S. The largest absolute Gasteiger partial charge is 0.452 e. The second-order valence-electron chi connectivity index (χ2n) is 7.15. The molecule has 1 aromatic rings. The number of likely N-dealkylation sites (tertiary alicyclic amines) is 1. The van der Waals surface area contributed by atoms with Crippen molar-refractivity contribution < 1.29 is 27.9 Å². The van der Waals surface area contributed by atoms with E-state index in [9.17, 15) is 18.0 Å². The zero-order valence-electron chi connectivity index (χ0n) is 17.1. The summed E-state index contributed by atoms with van der Waals surface area (Å²) in [4.78, 5) is 26.7. The van der Waals surface area contributed by atoms with Crippen LogP contribution in [0.3, 0.4) is 0 Å². The number of nitrogens with one attached hydrogen (secondary N) is 1. The highest BCUT2D eigenvalue weighted by atomic mass is 32.2. The van der Waals surface area contributed by atoms with E-state index in [0.717, 1.165) is 23.6 Å². The number of piperidine rings is 1. The molecule has 1 aliphatic rings. The van der Waals surface area contributed by atoms with Crippen molar-refractivity contribution in [1.82, 2.24) is 9.21 Å². The highest BCUT2D eigenvalue weighted by molar-refractivity contribution is 7.89. The van der Waals surface area contributed by atoms with E-state index < -0.39 is 22.6 Å². The van der Waals surface area contributed by atoms with Gasteiger partial charge < -0.3 is 20.1 Å². The molecule has 2 N–H and O–H groups in total. The topological polar surface area (TPSA) is 116 Å². The molecule has 1 aliphatic heterocycles. The van der Waals surface area contributed by atoms with Crippen molar-refractivity contribution in [2.75, 3.05) is 45.7 Å². The Hall–Kier alpha value is -2.17. The summed E-state index contributed by atoms with van der Waals surface area (Å²) in [6, 6.07) is 4.12. The lowest BCUT2D eigenvalue weighted by molar-refractivity contribution is -0.137. The highest BCUT2D eigenvalue weighted by Crippen LogP contribution is 2.23. The third-order valence-corrected chi connectivity index (χ3v) is 6.68. The number of carbonyl (C=O) groups is 2. The van der Waals surface area contributed by atoms with Crippen LogP contribution in [0.25, 0.3) is 0 Å². The Morgan fingerprint density at radius 2 is 2.03 bits per heavy atom. The molecule has 1 heterocycles. The van der Waals surface area contributed by atoms with Crippen LogP contribution in [0.2, 0.25) is 0 Å². The predicted molar refractivity (Wildman–Crippen MR) is 108 cm³/mol. The summed E-state index contributed by atoms with van der Waals surface area (Å²) in [5.41, 5.74) is 0.307. The van der Waals surface area contributed by atoms with Crippen LogP contribution in [0.15, 0.2) is 23.1 Å². The minimum atomic E-state index is -3.75. The van der Waals surface area contributed by atoms with Crippen molar-refractivity contribution in [3.05, 3.63) is 23.8 Å². The van der Waals surface area contributed by atoms with Gasteiger partial charge in [0, 0.05) is 38.9 Å². The van der Waals surface area contributed by atoms with Crippen LogP contribution in [0.5, 0.6) is 0 Å². The first-order valence-electron chi connectivity index (χ1n) is 9.56. The van der Waals surface area contributed by atoms with Gasteiger partial charge in [-0.2, -0.15) is 0 Å². The maximum Gasteiger partial charge on any atom is 0.340 e. The second-order valence-corrected chi connectivity index (χ2v) is 9.31. The molecule has 0 saturated carbocycles. The molecule has 1 atom stereocenters. The van der Waals surface area contributed by atoms with Gasteiger partial charge in [-0.25, -0.2) is 17.5 Å². The first-order chi connectivity index (χ1) is 13.7. The Bertz CT molecular complexity index is 840. The molecule has 0 radical (unpaired) electrons. The van der Waals surface area contributed by atoms with Crippen molar-refractivity contribution in [1.29, 1.82) is 0 Å². The number of hydrogen-bond donors (Lipinski definition) is 2. The first-order valence-corrected chi connectivity index (χ1v) is 11.0. The van der Waals surface area contributed by atoms with Gasteiger partial charge in [0.2, 0.25) is 10.0 Å². The van der Waals surface area contributed by atoms with Crippen LogP contribution in [0, 0.1) is 0 Å². The van der Waals surface area contributed by atoms with Crippen LogP contribution in [0.4, 0.5) is 5.69 Å². The minimum absolute atomic E-state index is 0.0131. The van der Waals surface area contributed by atoms with E-state index in [1.54, 1.807) is 4.90 Å². The monoisotopic (exact) mass is 427 g/mol. The van der Waals surface area contributed by atoms with Crippen molar-refractivity contribution >= 4 is 27.6 Å². The third-order valence-electron chi connectivity index (χ3n) is 4.87. The second kappa shape index (κ2) is 10.0. The normalized spacial score (nSPS) is 17.3. The van der Waals surface area contributed by atoms with Crippen LogP contribution in [-0.2, 0) is 19.6 Å². The van der Waals surface area contributed by atoms with E-state index in [1.807, 2.05) is 6.92 Å². The molecule has 162 valence electrons. The average Bonchev–Trinajstić information content (AvgIpc) is 2.70. The molecular weight excluding hydrogens is 398 g/mol. The van der Waals surface area contributed by atoms with Crippen LogP contribution < -0.4 is 5.32 Å². The van der Waals surface area contributed by atoms with Crippen LogP contribution in [0.1, 0.15) is 36.5 Å². The van der Waals surface area contributed by atoms with E-state index in [1.165, 1.54) is 32.3 Å². The lowest BCUT2D eigenvalue weighted by atomic mass is 10.0. The number of ether oxygens (including phenoxy) is 1. The molecule has 0 aliphatic carbocycles. The van der Waals surface area contributed by atoms with Crippen molar-refractivity contribution in [2.45, 2.75) is 37.1 Å². The Kier molecular flexibility index (Phi) is 8.00. The minimum Gasteiger partial charge on any atom is -0.452 e. The number of benzene rings is 1. The Morgan fingerprint density at radius 3 is 2.66 bits per heavy atom. The van der Waals surface area contributed by atoms with Crippen molar-refractivity contribution in [3.8, 4) is 0 Å². The summed E-state index contributed by atoms with van der Waals surface area (Å²) in [5.74, 6) is -1.08. The number of amides is 1. The van der Waals surface area contributed by atoms with Gasteiger partial charge in [0.1, 0.15) is 0 Å². The molecule has 0 bridgehead atoms. The molecule has 29 heavy (non-hydrogen) atoms. The first kappa shape index (κ1) is 23.1. The zero-order valence-corrected chi connectivity index (χ0v) is 17.9. The summed E-state index contributed by atoms with van der Waals surface area (Å²) in [6.07, 6.45) is 2.90. The van der Waals surface area contributed by atoms with Gasteiger partial charge in [0.15, 0.2) is 6.61 Å². The molecule has 0 aromatic heterocycles. The molecule has 2 rings (SSSR count). The van der Waals surface area contributed by atoms with Gasteiger partial charge in [-0.3, -0.25) is 4.79 Å². The lowest BCUT2D eigenvalue weighted by Crippen LogP contribution is -2.44. The van der Waals surface area contributed by atoms with Gasteiger partial charge in [-0.05, 0) is 44.4 Å². The Labute approximate surface area is 171 Å². The molecule has 10 heteroatoms. The van der Waals surface area contributed by atoms with Crippen molar-refractivity contribution in [2.24, 2.45) is 0 Å². The molecule has 0 spiro atoms. The Balaban J connectivity index is 2.20. The molecule has 9 nitrogen and oxygen atoms in total. The van der Waals surface area contributed by atoms with Gasteiger partial charge in [0.05, 0.1) is 17.1 Å². The van der Waals surface area contributed by atoms with Gasteiger partial charge in [0.25, 0.3) is 5.91 Å². The molecule has 1 saturated heterocycles. The molecule has 1 fully saturated rings. The Morgan fingerprint density at radius 1 is 1.31 bits per heavy atom. The number of anilines is 1. The number of rotatable bonds is 8. The van der Waals surface area contributed by atoms with Crippen LogP contribution in [-0.4, -0.2) is 81.0 Å². The maximum absolute atomic E-state index is 12.6. The molecule has 1 amide bonds. The third kappa shape index (κ3) is 5.68. The number of sulfonamides is 1. The van der Waals surface area contributed by atoms with Gasteiger partial charge in [-0.1, -0.05) is 0 Å². The van der Waals surface area contributed by atoms with E-state index in [0.29, 0.717) is 12.2 Å². The fourth-order valence-electron chi connectivity index (χ4n) is 3.16. The van der Waals surface area contributed by atoms with Gasteiger partial charge in [-0.15, -0.1) is 0 Å². The fraction of sp³-hybridized carbons (Fsp3) is 0.579. The highest BCUT2D eigenvalue weighted by Gasteiger charge is 2.26. The van der Waals surface area contributed by atoms with E-state index in [-0.39, 0.29) is 35.6 Å². The summed E-state index contributed by atoms with van der Waals surface area (Å²) in [5, 5.41) is 11.9. The number of hydrogen-bond acceptors (Lipinski definition) is 7. The summed E-state index contributed by atoms with van der Waals surface area (Å²) in [7, 11) is -0.968. The summed E-state index contributed by atoms with van der Waals surface area (Å²) < 4.78 is 31.0. The fourth-order valence-corrected chi connectivity index (χ4v) is 4.09. The van der Waals surface area contributed by atoms with Crippen molar-refractivity contribution in [3.63, 3.8) is 0 Å². The van der Waals surface area contributed by atoms with Crippen LogP contribution >= 0.6 is 0 Å². The van der Waals surface area contributed by atoms with Gasteiger partial charge >= 0.3 is 5.97 Å². The smallest absolute Gasteiger partial charge is 0.340 e. The van der Waals surface area contributed by atoms with E-state index in [4.69, 9.17) is 9.84 Å². The van der Waals surface area contributed by atoms with E-state index in [2.05, 4.69) is 5.32 Å². The average molecular weight is 428 g/mol. The molecule has 0 unspecified atom stereocenters. The standard InChI is InChI=1S/C19H29N3O6S/c1-14-6-4-5-10-22(14)18(24)13-28-19(25)16-12-15(29(26,27)21(2)3)7-8-17(16)20-9-11-23/h7-8,12,14,20,23H,4-6,9-11,13H2,1-3H3/t14-/m1/s1. The number of esters is 1. The lowest BCUT2D eigenvalue weighted by Gasteiger charge is -2.33. The SMILES string of the molecule is C[C@@H]1CCCCN1C(=O)COC(=O)c1cc(S(=O)(=O)N(C)C)ccc1NCCO. The number of nitrogens with zero attached hydrogens (tertiary/aromatic N) is 2. The zero-order chi connectivity index (χ0) is 21.6. The van der Waals surface area contributed by atoms with E-state index >= 15 is 0 Å². The molecule has 1 aromatic carbocycles. The number of aliphatic hydroxyl groups is 1.